The molecule has 4 rings (SSSR count). The summed E-state index contributed by atoms with van der Waals surface area (Å²) in [5, 5.41) is 4.71. The first-order valence-electron chi connectivity index (χ1n) is 11.1. The number of ether oxygens (including phenoxy) is 2. The highest BCUT2D eigenvalue weighted by Gasteiger charge is 2.16. The summed E-state index contributed by atoms with van der Waals surface area (Å²) in [5.41, 5.74) is 8.08. The van der Waals surface area contributed by atoms with Crippen LogP contribution in [0.25, 0.3) is 22.0 Å². The second kappa shape index (κ2) is 7.36. The van der Waals surface area contributed by atoms with Crippen LogP contribution in [-0.4, -0.2) is 26.8 Å². The lowest BCUT2D eigenvalue weighted by Gasteiger charge is -2.14. The van der Waals surface area contributed by atoms with Crippen molar-refractivity contribution in [2.24, 2.45) is 6.98 Å². The molecule has 0 aliphatic heterocycles. The number of nitrogens with two attached hydrogens (primary N) is 1. The molecule has 0 bridgehead atoms. The SMILES string of the molecule is [2H]C([2H])([2H])Oc1cnn(C([2H])([2H])[2H])c1COc1ccc(-c2cccc(Cl)c2)c2ncnc(N)c12. The predicted molar refractivity (Wildman–Crippen MR) is 108 cm³/mol. The molecule has 0 unspecified atom stereocenters. The Hall–Kier alpha value is -3.32. The van der Waals surface area contributed by atoms with E-state index in [1.54, 1.807) is 30.3 Å². The lowest BCUT2D eigenvalue weighted by Crippen LogP contribution is -2.06. The fourth-order valence-corrected chi connectivity index (χ4v) is 3.09. The van der Waals surface area contributed by atoms with E-state index in [2.05, 4.69) is 15.1 Å². The second-order valence-corrected chi connectivity index (χ2v) is 6.30. The maximum absolute atomic E-state index is 7.68. The summed E-state index contributed by atoms with van der Waals surface area (Å²) in [7, 11) is -2.80. The molecule has 0 radical (unpaired) electrons. The number of methoxy groups -OCH3 is 1. The number of benzene rings is 2. The number of halogens is 1. The van der Waals surface area contributed by atoms with Crippen LogP contribution in [0, 0.1) is 0 Å². The van der Waals surface area contributed by atoms with Crippen LogP contribution in [0.5, 0.6) is 11.5 Å². The van der Waals surface area contributed by atoms with Crippen LogP contribution < -0.4 is 15.2 Å². The molecule has 0 amide bonds. The molecule has 28 heavy (non-hydrogen) atoms. The molecule has 0 aliphatic rings. The van der Waals surface area contributed by atoms with E-state index in [4.69, 9.17) is 35.0 Å². The number of rotatable bonds is 5. The van der Waals surface area contributed by atoms with Crippen molar-refractivity contribution in [1.29, 1.82) is 0 Å². The van der Waals surface area contributed by atoms with Crippen LogP contribution in [0.2, 0.25) is 5.02 Å². The highest BCUT2D eigenvalue weighted by atomic mass is 35.5. The van der Waals surface area contributed by atoms with Gasteiger partial charge in [-0.1, -0.05) is 23.7 Å². The Labute approximate surface area is 175 Å². The number of fused-ring (bicyclic) bond motifs is 1. The van der Waals surface area contributed by atoms with Crippen LogP contribution in [0.1, 0.15) is 13.9 Å². The fraction of sp³-hybridized carbons (Fsp3) is 0.150. The summed E-state index contributed by atoms with van der Waals surface area (Å²) in [4.78, 5) is 8.40. The van der Waals surface area contributed by atoms with Gasteiger partial charge in [0.25, 0.3) is 0 Å². The first-order chi connectivity index (χ1) is 15.9. The summed E-state index contributed by atoms with van der Waals surface area (Å²) in [6.07, 6.45) is 2.34. The molecule has 2 N–H and O–H groups in total. The van der Waals surface area contributed by atoms with Gasteiger partial charge >= 0.3 is 0 Å². The Morgan fingerprint density at radius 2 is 2.14 bits per heavy atom. The Balaban J connectivity index is 1.76. The quantitative estimate of drug-likeness (QED) is 0.546. The van der Waals surface area contributed by atoms with Gasteiger partial charge in [-0.25, -0.2) is 9.97 Å². The summed E-state index contributed by atoms with van der Waals surface area (Å²) >= 11 is 6.14. The molecule has 0 saturated carbocycles. The molecule has 7 nitrogen and oxygen atoms in total. The van der Waals surface area contributed by atoms with Crippen LogP contribution in [0.15, 0.2) is 48.9 Å². The second-order valence-electron chi connectivity index (χ2n) is 5.86. The highest BCUT2D eigenvalue weighted by molar-refractivity contribution is 6.30. The van der Waals surface area contributed by atoms with Gasteiger partial charge < -0.3 is 15.2 Å². The lowest BCUT2D eigenvalue weighted by atomic mass is 10.0. The van der Waals surface area contributed by atoms with Gasteiger partial charge in [0.1, 0.15) is 30.2 Å². The normalized spacial score (nSPS) is 15.0. The number of nitrogen functional groups attached to an aromatic ring is 1. The van der Waals surface area contributed by atoms with Crippen molar-refractivity contribution in [2.45, 2.75) is 6.61 Å². The fourth-order valence-electron chi connectivity index (χ4n) is 2.90. The monoisotopic (exact) mass is 401 g/mol. The topological polar surface area (TPSA) is 88.1 Å². The number of nitrogens with zero attached hydrogens (tertiary/aromatic N) is 4. The van der Waals surface area contributed by atoms with Gasteiger partial charge in [-0.05, 0) is 29.8 Å². The Bertz CT molecular complexity index is 1360. The van der Waals surface area contributed by atoms with Gasteiger partial charge in [0.2, 0.25) is 0 Å². The third kappa shape index (κ3) is 3.20. The molecule has 0 atom stereocenters. The van der Waals surface area contributed by atoms with Gasteiger partial charge in [0.15, 0.2) is 5.75 Å². The van der Waals surface area contributed by atoms with E-state index in [1.165, 1.54) is 6.33 Å². The molecule has 2 heterocycles. The zero-order valence-electron chi connectivity index (χ0n) is 20.4. The van der Waals surface area contributed by atoms with Crippen LogP contribution in [0.3, 0.4) is 0 Å². The van der Waals surface area contributed by atoms with Crippen molar-refractivity contribution >= 4 is 28.3 Å². The standard InChI is InChI=1S/C20H18ClN5O2/c1-26-15(17(27-2)9-25-26)10-28-16-7-6-14(12-4-3-5-13(21)8-12)19-18(16)20(22)24-11-23-19/h3-9,11H,10H2,1-2H3,(H2,22,23,24)/i1D3,2D3. The summed E-state index contributed by atoms with van der Waals surface area (Å²) < 4.78 is 56.5. The maximum atomic E-state index is 7.68. The zero-order valence-corrected chi connectivity index (χ0v) is 15.1. The minimum atomic E-state index is -2.80. The first kappa shape index (κ1) is 12.2. The van der Waals surface area contributed by atoms with Crippen LogP contribution >= 0.6 is 11.6 Å². The van der Waals surface area contributed by atoms with Gasteiger partial charge in [0, 0.05) is 21.7 Å². The van der Waals surface area contributed by atoms with Crippen molar-refractivity contribution in [3.63, 3.8) is 0 Å². The molecule has 2 aromatic heterocycles. The van der Waals surface area contributed by atoms with E-state index >= 15 is 0 Å². The molecule has 8 heteroatoms. The number of aromatic nitrogens is 4. The van der Waals surface area contributed by atoms with E-state index in [9.17, 15) is 0 Å². The number of hydrogen-bond donors (Lipinski definition) is 1. The third-order valence-electron chi connectivity index (χ3n) is 4.22. The Morgan fingerprint density at radius 3 is 2.96 bits per heavy atom. The van der Waals surface area contributed by atoms with E-state index in [0.29, 0.717) is 20.6 Å². The molecule has 2 aromatic carbocycles. The smallest absolute Gasteiger partial charge is 0.163 e. The van der Waals surface area contributed by atoms with Crippen molar-refractivity contribution in [2.75, 3.05) is 12.8 Å². The van der Waals surface area contributed by atoms with E-state index in [1.807, 2.05) is 6.07 Å². The number of anilines is 1. The summed E-state index contributed by atoms with van der Waals surface area (Å²) in [6.45, 7) is -3.06. The van der Waals surface area contributed by atoms with Crippen LogP contribution in [-0.2, 0) is 13.6 Å². The number of hydrogen-bond acceptors (Lipinski definition) is 6. The first-order valence-corrected chi connectivity index (χ1v) is 8.50. The largest absolute Gasteiger partial charge is 0.493 e. The van der Waals surface area contributed by atoms with Crippen molar-refractivity contribution in [1.82, 2.24) is 19.7 Å². The summed E-state index contributed by atoms with van der Waals surface area (Å²) in [5.74, 6) is 0.171. The van der Waals surface area contributed by atoms with E-state index in [-0.39, 0.29) is 29.6 Å². The minimum Gasteiger partial charge on any atom is -0.493 e. The molecule has 0 spiro atoms. The zero-order chi connectivity index (χ0) is 24.7. The van der Waals surface area contributed by atoms with Crippen molar-refractivity contribution in [3.05, 3.63) is 59.6 Å². The van der Waals surface area contributed by atoms with Gasteiger partial charge in [-0.3, -0.25) is 4.68 Å². The molecular formula is C20H18ClN5O2. The molecular weight excluding hydrogens is 378 g/mol. The van der Waals surface area contributed by atoms with Gasteiger partial charge in [-0.15, -0.1) is 0 Å². The lowest BCUT2D eigenvalue weighted by molar-refractivity contribution is 0.289. The molecule has 142 valence electrons. The highest BCUT2D eigenvalue weighted by Crippen LogP contribution is 2.36. The predicted octanol–water partition coefficient (Wildman–Crippen LogP) is 3.85. The molecule has 4 aromatic rings. The minimum absolute atomic E-state index is 0.0846. The molecule has 0 saturated heterocycles. The Morgan fingerprint density at radius 1 is 1.21 bits per heavy atom. The van der Waals surface area contributed by atoms with Gasteiger partial charge in [-0.2, -0.15) is 5.10 Å². The molecule has 0 fully saturated rings. The Kier molecular flexibility index (Phi) is 3.21. The third-order valence-corrected chi connectivity index (χ3v) is 4.46. The van der Waals surface area contributed by atoms with Crippen LogP contribution in [0.4, 0.5) is 5.82 Å². The van der Waals surface area contributed by atoms with Gasteiger partial charge in [0.05, 0.1) is 28.2 Å². The molecule has 0 aliphatic carbocycles. The van der Waals surface area contributed by atoms with E-state index < -0.39 is 14.0 Å². The number of aryl methyl sites for hydroxylation is 1. The average molecular weight is 402 g/mol. The average Bonchev–Trinajstić information content (AvgIpc) is 3.13. The summed E-state index contributed by atoms with van der Waals surface area (Å²) in [6, 6.07) is 10.6. The maximum Gasteiger partial charge on any atom is 0.163 e. The van der Waals surface area contributed by atoms with E-state index in [0.717, 1.165) is 17.3 Å². The van der Waals surface area contributed by atoms with Crippen molar-refractivity contribution in [3.8, 4) is 22.6 Å². The van der Waals surface area contributed by atoms with Crippen molar-refractivity contribution < 1.29 is 17.7 Å².